The molecule has 1 amide bonds. The first-order valence-electron chi connectivity index (χ1n) is 6.48. The Morgan fingerprint density at radius 3 is 2.33 bits per heavy atom. The minimum atomic E-state index is -1.03. The van der Waals surface area contributed by atoms with Gasteiger partial charge in [0.2, 0.25) is 0 Å². The molecule has 0 aliphatic rings. The molecule has 1 N–H and O–H groups in total. The highest BCUT2D eigenvalue weighted by atomic mass is 79.9. The van der Waals surface area contributed by atoms with E-state index < -0.39 is 10.8 Å². The van der Waals surface area contributed by atoms with Gasteiger partial charge in [-0.1, -0.05) is 34.1 Å². The predicted molar refractivity (Wildman–Crippen MR) is 88.8 cm³/mol. The van der Waals surface area contributed by atoms with Crippen LogP contribution in [0.1, 0.15) is 28.9 Å². The molecule has 2 unspecified atom stereocenters. The van der Waals surface area contributed by atoms with Gasteiger partial charge in [-0.25, -0.2) is 0 Å². The van der Waals surface area contributed by atoms with E-state index in [0.29, 0.717) is 10.5 Å². The van der Waals surface area contributed by atoms with E-state index in [4.69, 9.17) is 0 Å². The molecule has 21 heavy (non-hydrogen) atoms. The van der Waals surface area contributed by atoms with Gasteiger partial charge >= 0.3 is 0 Å². The lowest BCUT2D eigenvalue weighted by Crippen LogP contribution is -2.26. The zero-order valence-corrected chi connectivity index (χ0v) is 14.2. The lowest BCUT2D eigenvalue weighted by Gasteiger charge is -2.16. The van der Waals surface area contributed by atoms with Crippen molar-refractivity contribution >= 4 is 32.6 Å². The molecule has 2 aromatic rings. The molecular weight excluding hydrogens is 350 g/mol. The van der Waals surface area contributed by atoms with Gasteiger partial charge in [-0.15, -0.1) is 0 Å². The molecule has 3 nitrogen and oxygen atoms in total. The van der Waals surface area contributed by atoms with Crippen molar-refractivity contribution in [1.29, 1.82) is 0 Å². The van der Waals surface area contributed by atoms with Gasteiger partial charge in [0, 0.05) is 32.0 Å². The maximum atomic E-state index is 12.2. The number of nitrogens with one attached hydrogen (secondary N) is 1. The highest BCUT2D eigenvalue weighted by molar-refractivity contribution is 9.10. The van der Waals surface area contributed by atoms with Crippen molar-refractivity contribution in [2.75, 3.05) is 6.26 Å². The lowest BCUT2D eigenvalue weighted by molar-refractivity contribution is 0.0939. The molecule has 0 spiro atoms. The largest absolute Gasteiger partial charge is 0.345 e. The fourth-order valence-corrected chi connectivity index (χ4v) is 3.13. The summed E-state index contributed by atoms with van der Waals surface area (Å²) in [5, 5.41) is 2.96. The molecule has 2 rings (SSSR count). The summed E-state index contributed by atoms with van der Waals surface area (Å²) in [6.45, 7) is 1.94. The second kappa shape index (κ2) is 7.00. The lowest BCUT2D eigenvalue weighted by atomic mass is 10.1. The van der Waals surface area contributed by atoms with Gasteiger partial charge in [0.1, 0.15) is 0 Å². The normalized spacial score (nSPS) is 13.5. The predicted octanol–water partition coefficient (Wildman–Crippen LogP) is 3.68. The quantitative estimate of drug-likeness (QED) is 0.897. The zero-order valence-electron chi connectivity index (χ0n) is 11.8. The van der Waals surface area contributed by atoms with Crippen LogP contribution in [-0.2, 0) is 10.8 Å². The molecule has 0 fully saturated rings. The minimum Gasteiger partial charge on any atom is -0.345 e. The Hall–Kier alpha value is -1.46. The first kappa shape index (κ1) is 15.9. The standard InChI is InChI=1S/C16H16BrNO2S/c1-11(14-5-3-4-6-15(14)17)18-16(19)12-7-9-13(10-8-12)21(2)20/h3-11H,1-2H3,(H,18,19). The molecule has 0 aliphatic heterocycles. The number of benzene rings is 2. The van der Waals surface area contributed by atoms with Crippen LogP contribution in [0.25, 0.3) is 0 Å². The Labute approximate surface area is 135 Å². The van der Waals surface area contributed by atoms with Crippen molar-refractivity contribution in [3.63, 3.8) is 0 Å². The molecule has 0 heterocycles. The summed E-state index contributed by atoms with van der Waals surface area (Å²) >= 11 is 3.48. The van der Waals surface area contributed by atoms with Gasteiger partial charge in [-0.2, -0.15) is 0 Å². The summed E-state index contributed by atoms with van der Waals surface area (Å²) in [4.78, 5) is 12.9. The van der Waals surface area contributed by atoms with Crippen LogP contribution in [0.4, 0.5) is 0 Å². The van der Waals surface area contributed by atoms with E-state index in [-0.39, 0.29) is 11.9 Å². The molecule has 0 aromatic heterocycles. The molecule has 5 heteroatoms. The van der Waals surface area contributed by atoms with E-state index in [2.05, 4.69) is 21.2 Å². The van der Waals surface area contributed by atoms with E-state index in [1.165, 1.54) is 0 Å². The Bertz CT molecular complexity index is 670. The molecule has 0 saturated heterocycles. The van der Waals surface area contributed by atoms with Gasteiger partial charge in [-0.05, 0) is 42.8 Å². The third-order valence-electron chi connectivity index (χ3n) is 3.17. The van der Waals surface area contributed by atoms with Crippen molar-refractivity contribution in [3.8, 4) is 0 Å². The monoisotopic (exact) mass is 365 g/mol. The number of hydrogen-bond acceptors (Lipinski definition) is 2. The molecule has 2 atom stereocenters. The van der Waals surface area contributed by atoms with E-state index in [9.17, 15) is 9.00 Å². The van der Waals surface area contributed by atoms with Gasteiger partial charge in [-0.3, -0.25) is 9.00 Å². The first-order valence-corrected chi connectivity index (χ1v) is 8.83. The van der Waals surface area contributed by atoms with Crippen molar-refractivity contribution in [3.05, 3.63) is 64.1 Å². The van der Waals surface area contributed by atoms with E-state index >= 15 is 0 Å². The average Bonchev–Trinajstić information content (AvgIpc) is 2.47. The van der Waals surface area contributed by atoms with Crippen LogP contribution in [0.3, 0.4) is 0 Å². The van der Waals surface area contributed by atoms with Gasteiger partial charge in [0.15, 0.2) is 0 Å². The summed E-state index contributed by atoms with van der Waals surface area (Å²) in [7, 11) is -1.03. The van der Waals surface area contributed by atoms with Gasteiger partial charge in [0.25, 0.3) is 5.91 Å². The molecule has 0 bridgehead atoms. The maximum Gasteiger partial charge on any atom is 0.251 e. The highest BCUT2D eigenvalue weighted by Gasteiger charge is 2.13. The van der Waals surface area contributed by atoms with Crippen LogP contribution >= 0.6 is 15.9 Å². The minimum absolute atomic E-state index is 0.104. The number of rotatable bonds is 4. The van der Waals surface area contributed by atoms with Crippen molar-refractivity contribution in [2.24, 2.45) is 0 Å². The molecule has 0 saturated carbocycles. The Kier molecular flexibility index (Phi) is 5.31. The Balaban J connectivity index is 2.11. The van der Waals surface area contributed by atoms with Crippen LogP contribution in [0.5, 0.6) is 0 Å². The fraction of sp³-hybridized carbons (Fsp3) is 0.188. The first-order chi connectivity index (χ1) is 9.99. The second-order valence-electron chi connectivity index (χ2n) is 4.70. The fourth-order valence-electron chi connectivity index (χ4n) is 1.98. The summed E-state index contributed by atoms with van der Waals surface area (Å²) in [5.41, 5.74) is 1.58. The number of halogens is 1. The van der Waals surface area contributed by atoms with Crippen molar-refractivity contribution < 1.29 is 9.00 Å². The number of amides is 1. The number of hydrogen-bond donors (Lipinski definition) is 1. The van der Waals surface area contributed by atoms with Gasteiger partial charge < -0.3 is 5.32 Å². The highest BCUT2D eigenvalue weighted by Crippen LogP contribution is 2.23. The van der Waals surface area contributed by atoms with Crippen LogP contribution < -0.4 is 5.32 Å². The smallest absolute Gasteiger partial charge is 0.251 e. The Morgan fingerprint density at radius 2 is 1.76 bits per heavy atom. The summed E-state index contributed by atoms with van der Waals surface area (Å²) in [5.74, 6) is -0.147. The topological polar surface area (TPSA) is 46.2 Å². The van der Waals surface area contributed by atoms with E-state index in [1.54, 1.807) is 30.5 Å². The van der Waals surface area contributed by atoms with E-state index in [1.807, 2.05) is 31.2 Å². The number of carbonyl (C=O) groups is 1. The molecular formula is C16H16BrNO2S. The molecule has 110 valence electrons. The number of carbonyl (C=O) groups excluding carboxylic acids is 1. The van der Waals surface area contributed by atoms with E-state index in [0.717, 1.165) is 10.0 Å². The molecule has 0 aliphatic carbocycles. The average molecular weight is 366 g/mol. The summed E-state index contributed by atoms with van der Waals surface area (Å²) in [6, 6.07) is 14.5. The SMILES string of the molecule is CC(NC(=O)c1ccc(S(C)=O)cc1)c1ccccc1Br. The second-order valence-corrected chi connectivity index (χ2v) is 6.93. The van der Waals surface area contributed by atoms with Crippen LogP contribution in [-0.4, -0.2) is 16.4 Å². The maximum absolute atomic E-state index is 12.2. The van der Waals surface area contributed by atoms with Crippen LogP contribution in [0, 0.1) is 0 Å². The van der Waals surface area contributed by atoms with Crippen molar-refractivity contribution in [2.45, 2.75) is 17.9 Å². The molecule has 2 aromatic carbocycles. The zero-order chi connectivity index (χ0) is 15.4. The third-order valence-corrected chi connectivity index (χ3v) is 4.83. The van der Waals surface area contributed by atoms with Crippen LogP contribution in [0.2, 0.25) is 0 Å². The van der Waals surface area contributed by atoms with Crippen LogP contribution in [0.15, 0.2) is 57.9 Å². The molecule has 0 radical (unpaired) electrons. The third kappa shape index (κ3) is 4.02. The summed E-state index contributed by atoms with van der Waals surface area (Å²) < 4.78 is 12.3. The van der Waals surface area contributed by atoms with Gasteiger partial charge in [0.05, 0.1) is 6.04 Å². The summed E-state index contributed by atoms with van der Waals surface area (Å²) in [6.07, 6.45) is 1.62. The Morgan fingerprint density at radius 1 is 1.14 bits per heavy atom. The van der Waals surface area contributed by atoms with Crippen molar-refractivity contribution in [1.82, 2.24) is 5.32 Å².